The number of anilines is 1. The topological polar surface area (TPSA) is 87.4 Å². The molecule has 1 atom stereocenters. The van der Waals surface area contributed by atoms with E-state index in [1.165, 1.54) is 4.68 Å². The fourth-order valence-electron chi connectivity index (χ4n) is 2.97. The normalized spacial score (nSPS) is 16.9. The van der Waals surface area contributed by atoms with Gasteiger partial charge in [0.25, 0.3) is 0 Å². The van der Waals surface area contributed by atoms with E-state index in [0.29, 0.717) is 6.42 Å². The highest BCUT2D eigenvalue weighted by molar-refractivity contribution is 5.71. The number of nitrogens with zero attached hydrogens (tertiary/aromatic N) is 6. The molecule has 0 bridgehead atoms. The molecular weight excluding hydrogens is 308 g/mol. The van der Waals surface area contributed by atoms with Gasteiger partial charge in [0.1, 0.15) is 6.04 Å². The van der Waals surface area contributed by atoms with Crippen molar-refractivity contribution in [2.24, 2.45) is 0 Å². The Morgan fingerprint density at radius 1 is 1.12 bits per heavy atom. The third-order valence-corrected chi connectivity index (χ3v) is 4.29. The Labute approximate surface area is 140 Å². The fourth-order valence-corrected chi connectivity index (χ4v) is 2.97. The van der Waals surface area contributed by atoms with E-state index >= 15 is 0 Å². The smallest absolute Gasteiger partial charge is 0.328 e. The van der Waals surface area contributed by atoms with Crippen LogP contribution in [-0.2, 0) is 4.79 Å². The first-order valence-electron chi connectivity index (χ1n) is 8.20. The summed E-state index contributed by atoms with van der Waals surface area (Å²) < 4.78 is 1.52. The zero-order chi connectivity index (χ0) is 16.8. The summed E-state index contributed by atoms with van der Waals surface area (Å²) in [5, 5.41) is 13.4. The monoisotopic (exact) mass is 330 g/mol. The molecular formula is C16H22N6O2. The lowest BCUT2D eigenvalue weighted by Crippen LogP contribution is -2.47. The van der Waals surface area contributed by atoms with E-state index in [2.05, 4.69) is 24.9 Å². The minimum absolute atomic E-state index is 0.582. The molecule has 1 aliphatic rings. The van der Waals surface area contributed by atoms with E-state index in [0.717, 1.165) is 45.1 Å². The van der Waals surface area contributed by atoms with Gasteiger partial charge in [-0.05, 0) is 31.5 Å². The zero-order valence-electron chi connectivity index (χ0n) is 13.5. The number of piperazine rings is 1. The quantitative estimate of drug-likeness (QED) is 0.807. The van der Waals surface area contributed by atoms with Crippen molar-refractivity contribution >= 4 is 11.9 Å². The molecule has 8 nitrogen and oxygen atoms in total. The van der Waals surface area contributed by atoms with Crippen LogP contribution >= 0.6 is 0 Å². The molecule has 2 aromatic heterocycles. The summed E-state index contributed by atoms with van der Waals surface area (Å²) in [7, 11) is 0. The van der Waals surface area contributed by atoms with Crippen molar-refractivity contribution in [1.82, 2.24) is 24.6 Å². The Balaban J connectivity index is 1.43. The molecule has 0 aliphatic carbocycles. The first-order valence-corrected chi connectivity index (χ1v) is 8.20. The molecule has 1 unspecified atom stereocenters. The second-order valence-corrected chi connectivity index (χ2v) is 5.86. The van der Waals surface area contributed by atoms with Crippen LogP contribution in [0.15, 0.2) is 36.9 Å². The number of hydrogen-bond donors (Lipinski definition) is 1. The number of carboxylic acid groups (broad SMARTS) is 1. The maximum absolute atomic E-state index is 11.4. The van der Waals surface area contributed by atoms with Gasteiger partial charge in [0.05, 0.1) is 0 Å². The number of carboxylic acids is 1. The van der Waals surface area contributed by atoms with E-state index in [1.54, 1.807) is 30.9 Å². The molecule has 0 spiro atoms. The average Bonchev–Trinajstić information content (AvgIpc) is 3.14. The van der Waals surface area contributed by atoms with Gasteiger partial charge in [-0.25, -0.2) is 14.8 Å². The lowest BCUT2D eigenvalue weighted by Gasteiger charge is -2.34. The van der Waals surface area contributed by atoms with Crippen LogP contribution in [0.25, 0.3) is 0 Å². The predicted molar refractivity (Wildman–Crippen MR) is 88.8 cm³/mol. The van der Waals surface area contributed by atoms with Crippen LogP contribution in [0.2, 0.25) is 0 Å². The summed E-state index contributed by atoms with van der Waals surface area (Å²) in [6.45, 7) is 4.57. The van der Waals surface area contributed by atoms with Crippen LogP contribution in [0.1, 0.15) is 18.9 Å². The van der Waals surface area contributed by atoms with Gasteiger partial charge < -0.3 is 10.0 Å². The van der Waals surface area contributed by atoms with Gasteiger partial charge in [-0.1, -0.05) is 0 Å². The Bertz CT molecular complexity index is 625. The van der Waals surface area contributed by atoms with E-state index in [-0.39, 0.29) is 0 Å². The van der Waals surface area contributed by atoms with Crippen LogP contribution < -0.4 is 4.90 Å². The van der Waals surface area contributed by atoms with Crippen molar-refractivity contribution in [3.8, 4) is 0 Å². The zero-order valence-corrected chi connectivity index (χ0v) is 13.5. The van der Waals surface area contributed by atoms with Crippen LogP contribution in [0.4, 0.5) is 5.95 Å². The van der Waals surface area contributed by atoms with Crippen molar-refractivity contribution < 1.29 is 9.90 Å². The summed E-state index contributed by atoms with van der Waals surface area (Å²) in [4.78, 5) is 24.5. The standard InChI is InChI=1S/C16H22N6O2/c23-15(24)14(22-9-3-7-19-22)4-1-8-20-10-12-21(13-11-20)16-17-5-2-6-18-16/h2-3,5-7,9,14H,1,4,8,10-13H2,(H,23,24). The van der Waals surface area contributed by atoms with E-state index in [4.69, 9.17) is 0 Å². The summed E-state index contributed by atoms with van der Waals surface area (Å²) in [5.74, 6) is -0.0495. The van der Waals surface area contributed by atoms with Crippen LogP contribution in [0.5, 0.6) is 0 Å². The SMILES string of the molecule is O=C(O)C(CCCN1CCN(c2ncccn2)CC1)n1cccn1. The second-order valence-electron chi connectivity index (χ2n) is 5.86. The summed E-state index contributed by atoms with van der Waals surface area (Å²) in [6, 6.07) is 2.98. The number of rotatable bonds is 7. The van der Waals surface area contributed by atoms with Crippen molar-refractivity contribution in [3.05, 3.63) is 36.9 Å². The maximum Gasteiger partial charge on any atom is 0.328 e. The van der Waals surface area contributed by atoms with Gasteiger partial charge >= 0.3 is 5.97 Å². The molecule has 3 heterocycles. The molecule has 1 fully saturated rings. The third-order valence-electron chi connectivity index (χ3n) is 4.29. The largest absolute Gasteiger partial charge is 0.480 e. The lowest BCUT2D eigenvalue weighted by atomic mass is 10.1. The van der Waals surface area contributed by atoms with E-state index in [9.17, 15) is 9.90 Å². The molecule has 8 heteroatoms. The van der Waals surface area contributed by atoms with Crippen LogP contribution in [0.3, 0.4) is 0 Å². The summed E-state index contributed by atoms with van der Waals surface area (Å²) in [5.41, 5.74) is 0. The van der Waals surface area contributed by atoms with Crippen molar-refractivity contribution in [3.63, 3.8) is 0 Å². The maximum atomic E-state index is 11.4. The predicted octanol–water partition coefficient (Wildman–Crippen LogP) is 0.901. The molecule has 0 amide bonds. The van der Waals surface area contributed by atoms with Crippen molar-refractivity contribution in [1.29, 1.82) is 0 Å². The number of aliphatic carboxylic acids is 1. The van der Waals surface area contributed by atoms with Crippen LogP contribution in [-0.4, -0.2) is 68.4 Å². The molecule has 3 rings (SSSR count). The Morgan fingerprint density at radius 2 is 1.88 bits per heavy atom. The second kappa shape index (κ2) is 7.87. The molecule has 0 radical (unpaired) electrons. The molecule has 1 N–H and O–H groups in total. The molecule has 128 valence electrons. The van der Waals surface area contributed by atoms with E-state index in [1.807, 2.05) is 6.07 Å². The summed E-state index contributed by atoms with van der Waals surface area (Å²) in [6.07, 6.45) is 8.25. The minimum atomic E-state index is -0.829. The first-order chi connectivity index (χ1) is 11.7. The molecule has 2 aromatic rings. The van der Waals surface area contributed by atoms with Crippen molar-refractivity contribution in [2.45, 2.75) is 18.9 Å². The van der Waals surface area contributed by atoms with Gasteiger partial charge in [0, 0.05) is 51.0 Å². The molecule has 1 aliphatic heterocycles. The van der Waals surface area contributed by atoms with E-state index < -0.39 is 12.0 Å². The fraction of sp³-hybridized carbons (Fsp3) is 0.500. The Hall–Kier alpha value is -2.48. The highest BCUT2D eigenvalue weighted by Crippen LogP contribution is 2.15. The average molecular weight is 330 g/mol. The van der Waals surface area contributed by atoms with Gasteiger partial charge in [0.2, 0.25) is 5.95 Å². The lowest BCUT2D eigenvalue weighted by molar-refractivity contribution is -0.141. The third kappa shape index (κ3) is 4.08. The number of hydrogen-bond acceptors (Lipinski definition) is 6. The van der Waals surface area contributed by atoms with Gasteiger partial charge in [-0.2, -0.15) is 5.10 Å². The molecule has 24 heavy (non-hydrogen) atoms. The van der Waals surface area contributed by atoms with Gasteiger partial charge in [-0.3, -0.25) is 9.58 Å². The molecule has 0 aromatic carbocycles. The van der Waals surface area contributed by atoms with Crippen molar-refractivity contribution in [2.75, 3.05) is 37.6 Å². The molecule has 1 saturated heterocycles. The number of carbonyl (C=O) groups is 1. The highest BCUT2D eigenvalue weighted by Gasteiger charge is 2.21. The Morgan fingerprint density at radius 3 is 2.50 bits per heavy atom. The van der Waals surface area contributed by atoms with Crippen LogP contribution in [0, 0.1) is 0 Å². The van der Waals surface area contributed by atoms with Gasteiger partial charge in [-0.15, -0.1) is 0 Å². The number of aromatic nitrogens is 4. The van der Waals surface area contributed by atoms with Gasteiger partial charge in [0.15, 0.2) is 0 Å². The first kappa shape index (κ1) is 16.4. The Kier molecular flexibility index (Phi) is 5.37. The minimum Gasteiger partial charge on any atom is -0.480 e. The highest BCUT2D eigenvalue weighted by atomic mass is 16.4. The molecule has 0 saturated carbocycles. The summed E-state index contributed by atoms with van der Waals surface area (Å²) >= 11 is 0.